The van der Waals surface area contributed by atoms with Gasteiger partial charge in [-0.3, -0.25) is 29.1 Å². The third-order valence-electron chi connectivity index (χ3n) is 25.5. The molecule has 0 fully saturated rings. The van der Waals surface area contributed by atoms with Crippen molar-refractivity contribution < 1.29 is 139 Å². The maximum atomic E-state index is 12.2. The maximum Gasteiger partial charge on any atom is 0.216 e. The van der Waals surface area contributed by atoms with Crippen LogP contribution in [0.5, 0.6) is 46.5 Å². The summed E-state index contributed by atoms with van der Waals surface area (Å²) in [4.78, 5) is 79.6. The number of aryl methyl sites for hydroxylation is 2. The van der Waals surface area contributed by atoms with E-state index in [0.717, 1.165) is 112 Å². The number of hydrogen-bond donors (Lipinski definition) is 4. The number of ether oxygens (including phenoxy) is 4. The van der Waals surface area contributed by atoms with Crippen LogP contribution in [0.1, 0.15) is 239 Å². The molecule has 149 heavy (non-hydrogen) atoms. The summed E-state index contributed by atoms with van der Waals surface area (Å²) in [5, 5.41) is 56.4. The molecule has 8 heterocycles. The van der Waals surface area contributed by atoms with Gasteiger partial charge >= 0.3 is 0 Å². The van der Waals surface area contributed by atoms with Crippen LogP contribution in [0.15, 0.2) is 291 Å². The van der Waals surface area contributed by atoms with Gasteiger partial charge in [-0.05, 0) is 195 Å². The molecule has 0 spiro atoms. The molecule has 0 atom stereocenters. The molecule has 0 aliphatic carbocycles. The fraction of sp³-hybridized carbons (Fsp3) is 0.328. The maximum absolute atomic E-state index is 12.2. The minimum absolute atomic E-state index is 0. The molecule has 20 nitrogen and oxygen atoms in total. The number of allylic oxidation sites excluding steroid dienone is 8. The number of benzene rings is 8. The van der Waals surface area contributed by atoms with Crippen molar-refractivity contribution in [1.29, 1.82) is 0 Å². The summed E-state index contributed by atoms with van der Waals surface area (Å²) in [5.74, 6) is 6.11. The second-order valence-corrected chi connectivity index (χ2v) is 39.9. The molecule has 8 aromatic carbocycles. The number of aromatic nitrogens is 8. The first-order chi connectivity index (χ1) is 68.9. The molecule has 0 aliphatic heterocycles. The number of carbonyl (C=O) groups excluding carboxylic acids is 4. The first kappa shape index (κ1) is 127. The smallest absolute Gasteiger partial charge is 0.216 e. The summed E-state index contributed by atoms with van der Waals surface area (Å²) in [6.07, 6.45) is 27.7. The molecule has 0 unspecified atom stereocenters. The van der Waals surface area contributed by atoms with Crippen molar-refractivity contribution in [2.45, 2.75) is 236 Å². The van der Waals surface area contributed by atoms with Gasteiger partial charge in [-0.15, -0.1) is 12.1 Å². The molecule has 0 aliphatic rings. The van der Waals surface area contributed by atoms with Gasteiger partial charge < -0.3 is 49.3 Å². The third-order valence-corrected chi connectivity index (χ3v) is 25.5. The SMILES string of the molecule is CC(=O)C=C(C)O.CC(C)(C)C(=O)C=C(O)C(C)(C)C.CC(C)(C)c1cc(Oc2cc3c(ccc4ccccc43)cn2)[c-]cn1.CC(C)c1ccc2ccc3cnc(Oc4[c-]cncc4)cc3c2c1.CCC(C)(CC)C(=O)C=C(O)C(C)(CC)CC.CCC(CC)C(=O)C=C(O)C(CC)CC.Cc1[c-]c(Oc2cc3c(ccc4ccccc43)cn2)cc(C)n1.[Ir].[Ir].[Ir].[Ir].[c-]1cnccc1Oc1cc2c(ccc3ccccc32)cn1. The van der Waals surface area contributed by atoms with Crippen molar-refractivity contribution in [2.75, 3.05) is 0 Å². The number of aliphatic hydroxyl groups excluding tert-OH is 4. The Morgan fingerprint density at radius 3 is 1.08 bits per heavy atom. The monoisotopic (exact) mass is 2720 g/mol. The molecule has 0 saturated carbocycles. The van der Waals surface area contributed by atoms with Gasteiger partial charge in [-0.1, -0.05) is 322 Å². The largest absolute Gasteiger partial charge is 0.512 e. The number of nitrogens with zero attached hydrogens (tertiary/aromatic N) is 8. The van der Waals surface area contributed by atoms with Gasteiger partial charge in [-0.25, -0.2) is 19.9 Å². The van der Waals surface area contributed by atoms with Crippen molar-refractivity contribution in [3.05, 3.63) is 338 Å². The molecular weight excluding hydrogens is 2570 g/mol. The van der Waals surface area contributed by atoms with E-state index in [9.17, 15) is 34.5 Å². The topological polar surface area (TPSA) is 289 Å². The fourth-order valence-corrected chi connectivity index (χ4v) is 15.3. The summed E-state index contributed by atoms with van der Waals surface area (Å²) in [6.45, 7) is 48.8. The number of fused-ring (bicyclic) bond motifs is 12. The second-order valence-electron chi connectivity index (χ2n) is 39.9. The van der Waals surface area contributed by atoms with E-state index in [2.05, 4.69) is 208 Å². The molecule has 24 heteroatoms. The molecule has 794 valence electrons. The predicted molar refractivity (Wildman–Crippen MR) is 591 cm³/mol. The molecule has 4 radical (unpaired) electrons. The van der Waals surface area contributed by atoms with E-state index in [1.807, 2.05) is 216 Å². The molecule has 0 amide bonds. The number of hydrogen-bond acceptors (Lipinski definition) is 20. The Morgan fingerprint density at radius 1 is 0.369 bits per heavy atom. The van der Waals surface area contributed by atoms with Crippen molar-refractivity contribution in [2.24, 2.45) is 33.5 Å². The van der Waals surface area contributed by atoms with Crippen LogP contribution in [-0.4, -0.2) is 83.4 Å². The predicted octanol–water partition coefficient (Wildman–Crippen LogP) is 33.2. The molecular formula is C125H142Ir4N8O12-4. The van der Waals surface area contributed by atoms with Crippen LogP contribution >= 0.6 is 0 Å². The van der Waals surface area contributed by atoms with Crippen molar-refractivity contribution in [1.82, 2.24) is 39.9 Å². The van der Waals surface area contributed by atoms with Gasteiger partial charge in [0.2, 0.25) is 23.5 Å². The minimum Gasteiger partial charge on any atom is -0.512 e. The van der Waals surface area contributed by atoms with Crippen molar-refractivity contribution in [3.63, 3.8) is 0 Å². The number of aliphatic hydroxyl groups is 4. The Labute approximate surface area is 934 Å². The zero-order chi connectivity index (χ0) is 106. The van der Waals surface area contributed by atoms with Crippen LogP contribution in [-0.2, 0) is 105 Å². The average molecular weight is 2720 g/mol. The van der Waals surface area contributed by atoms with Gasteiger partial charge in [0.25, 0.3) is 0 Å². The van der Waals surface area contributed by atoms with Gasteiger partial charge in [-0.2, -0.15) is 36.4 Å². The van der Waals surface area contributed by atoms with Crippen LogP contribution in [0.3, 0.4) is 0 Å². The average Bonchev–Trinajstić information content (AvgIpc) is 0.790. The van der Waals surface area contributed by atoms with Crippen LogP contribution in [0.4, 0.5) is 0 Å². The summed E-state index contributed by atoms with van der Waals surface area (Å²) in [7, 11) is 0. The molecule has 4 N–H and O–H groups in total. The Kier molecular flexibility index (Phi) is 51.1. The van der Waals surface area contributed by atoms with E-state index in [1.165, 1.54) is 86.8 Å². The van der Waals surface area contributed by atoms with Gasteiger partial charge in [0, 0.05) is 209 Å². The second kappa shape index (κ2) is 59.9. The zero-order valence-electron chi connectivity index (χ0n) is 90.3. The van der Waals surface area contributed by atoms with Crippen LogP contribution in [0.25, 0.3) is 86.2 Å². The van der Waals surface area contributed by atoms with E-state index in [-0.39, 0.29) is 160 Å². The summed E-state index contributed by atoms with van der Waals surface area (Å²) >= 11 is 0. The number of ketones is 4. The summed E-state index contributed by atoms with van der Waals surface area (Å²) in [6, 6.07) is 75.7. The first-order valence-electron chi connectivity index (χ1n) is 49.9. The van der Waals surface area contributed by atoms with Gasteiger partial charge in [0.05, 0.1) is 11.5 Å². The Hall–Kier alpha value is -12.3. The van der Waals surface area contributed by atoms with Crippen molar-refractivity contribution >= 4 is 109 Å². The quantitative estimate of drug-likeness (QED) is 0.0179. The normalized spacial score (nSPS) is 11.7. The first-order valence-corrected chi connectivity index (χ1v) is 49.9. The molecule has 8 aromatic heterocycles. The number of pyridine rings is 8. The van der Waals surface area contributed by atoms with Crippen molar-refractivity contribution in [3.8, 4) is 46.5 Å². The fourth-order valence-electron chi connectivity index (χ4n) is 15.3. The van der Waals surface area contributed by atoms with Crippen LogP contribution < -0.4 is 18.9 Å². The molecule has 0 bridgehead atoms. The van der Waals surface area contributed by atoms with Gasteiger partial charge in [0.1, 0.15) is 11.5 Å². The number of carbonyl (C=O) groups is 4. The Balaban J connectivity index is 0.000000304. The summed E-state index contributed by atoms with van der Waals surface area (Å²) < 4.78 is 23.4. The number of rotatable bonds is 25. The zero-order valence-corrected chi connectivity index (χ0v) is 99.8. The standard InChI is InChI=1S/C22H19N2O.C21H17N2O.C20H15N2O.C18H11N2O.C15H28O2.C13H24O2.C11H20O2.C5H8O2.4Ir/c1-22(2,3)20-12-17(10-11-23-20)25-21-13-19-16(14-24-21)9-8-15-6-4-5-7-18(15)19;1-14(2)16-5-3-15-4-6-17-13-23-21(12-20(17)19(15)11-16)24-18-7-9-22-10-8-18;1-13-9-17(10-14(2)22-13)23-20-11-19-16(12-21-20)8-7-15-5-3-4-6-18(15)19;1-2-4-16-13(3-1)5-6-14-12-20-18(11-17(14)16)21-15-7-9-19-10-8-15;1-7-14(5,8-2)12(16)11-13(17)15(6,9-3)10-4;1-5-10(6-2)12(14)9-13(15)11(7-3)8-4;1-10(2,3)8(12)7-9(13)11(4,5)6;1-4(6)3-5(2)7;;;;/h4-9,11-14H,1-3H3;3-7,9-14H,1-2H3;3-9,11-12H,1-2H3;1-7,9-12H;11,16H,7-10H2,1-6H3;9-11,14H,5-8H2,1-4H3;7,12H,1-6H3;3,6H,1-2H3;;;;/q4*-1;;;;;;;;. The van der Waals surface area contributed by atoms with E-state index in [0.29, 0.717) is 52.4 Å². The van der Waals surface area contributed by atoms with Crippen LogP contribution in [0, 0.1) is 71.6 Å². The van der Waals surface area contributed by atoms with E-state index in [1.54, 1.807) is 43.1 Å². The van der Waals surface area contributed by atoms with E-state index in [4.69, 9.17) is 24.1 Å². The molecule has 16 aromatic rings. The minimum atomic E-state index is -0.417. The Morgan fingerprint density at radius 2 is 0.732 bits per heavy atom. The summed E-state index contributed by atoms with van der Waals surface area (Å²) in [5.41, 5.74) is 2.60. The van der Waals surface area contributed by atoms with E-state index < -0.39 is 5.41 Å². The van der Waals surface area contributed by atoms with E-state index >= 15 is 0 Å². The van der Waals surface area contributed by atoms with Crippen LogP contribution in [0.2, 0.25) is 0 Å². The molecule has 0 saturated heterocycles. The van der Waals surface area contributed by atoms with Gasteiger partial charge in [0.15, 0.2) is 23.1 Å². The third kappa shape index (κ3) is 37.7. The molecule has 16 rings (SSSR count). The Bertz CT molecular complexity index is 7200.